The molecule has 0 amide bonds. The first-order valence-corrected chi connectivity index (χ1v) is 6.94. The standard InChI is InChI=1S/C17H16O5/c1-3-10(17(21)22-4-2)9-13-14(18)11-7-5-6-8-12(11)15(19)16(13)20/h3,5-8,18H,4,9H2,1-2H3/b10-3+. The molecule has 0 saturated heterocycles. The number of allylic oxidation sites excluding steroid dienone is 2. The molecule has 2 rings (SSSR count). The summed E-state index contributed by atoms with van der Waals surface area (Å²) in [6, 6.07) is 6.34. The zero-order chi connectivity index (χ0) is 16.3. The van der Waals surface area contributed by atoms with E-state index in [-0.39, 0.29) is 35.5 Å². The zero-order valence-electron chi connectivity index (χ0n) is 12.4. The molecule has 114 valence electrons. The van der Waals surface area contributed by atoms with E-state index in [0.717, 1.165) is 0 Å². The van der Waals surface area contributed by atoms with Gasteiger partial charge in [-0.25, -0.2) is 4.79 Å². The third-order valence-electron chi connectivity index (χ3n) is 3.45. The Morgan fingerprint density at radius 3 is 2.41 bits per heavy atom. The Bertz CT molecular complexity index is 710. The van der Waals surface area contributed by atoms with E-state index in [4.69, 9.17) is 4.74 Å². The molecule has 0 bridgehead atoms. The topological polar surface area (TPSA) is 80.7 Å². The van der Waals surface area contributed by atoms with Gasteiger partial charge in [0, 0.05) is 23.1 Å². The number of aliphatic hydroxyl groups is 1. The number of carbonyl (C=O) groups excluding carboxylic acids is 3. The largest absolute Gasteiger partial charge is 0.507 e. The lowest BCUT2D eigenvalue weighted by atomic mass is 9.85. The van der Waals surface area contributed by atoms with Gasteiger partial charge in [-0.2, -0.15) is 0 Å². The summed E-state index contributed by atoms with van der Waals surface area (Å²) < 4.78 is 4.90. The normalized spacial score (nSPS) is 14.9. The molecule has 1 aliphatic carbocycles. The number of esters is 1. The van der Waals surface area contributed by atoms with Crippen LogP contribution in [0.3, 0.4) is 0 Å². The fourth-order valence-corrected chi connectivity index (χ4v) is 2.29. The van der Waals surface area contributed by atoms with Crippen LogP contribution in [0.1, 0.15) is 36.2 Å². The van der Waals surface area contributed by atoms with E-state index >= 15 is 0 Å². The Morgan fingerprint density at radius 2 is 1.82 bits per heavy atom. The van der Waals surface area contributed by atoms with Crippen LogP contribution in [0.2, 0.25) is 0 Å². The molecular weight excluding hydrogens is 284 g/mol. The Hall–Kier alpha value is -2.69. The second-order valence-electron chi connectivity index (χ2n) is 4.74. The average molecular weight is 300 g/mol. The van der Waals surface area contributed by atoms with E-state index in [1.807, 2.05) is 0 Å². The lowest BCUT2D eigenvalue weighted by molar-refractivity contribution is -0.138. The molecule has 1 aromatic rings. The number of hydrogen-bond acceptors (Lipinski definition) is 5. The van der Waals surface area contributed by atoms with Gasteiger partial charge in [-0.15, -0.1) is 0 Å². The molecular formula is C17H16O5. The highest BCUT2D eigenvalue weighted by molar-refractivity contribution is 6.52. The summed E-state index contributed by atoms with van der Waals surface area (Å²) in [6.45, 7) is 3.51. The van der Waals surface area contributed by atoms with Crippen molar-refractivity contribution in [1.82, 2.24) is 0 Å². The Kier molecular flexibility index (Phi) is 4.56. The van der Waals surface area contributed by atoms with Crippen molar-refractivity contribution < 1.29 is 24.2 Å². The summed E-state index contributed by atoms with van der Waals surface area (Å²) in [7, 11) is 0. The number of benzene rings is 1. The highest BCUT2D eigenvalue weighted by atomic mass is 16.5. The number of carbonyl (C=O) groups is 3. The molecule has 0 unspecified atom stereocenters. The first kappa shape index (κ1) is 15.7. The van der Waals surface area contributed by atoms with Gasteiger partial charge < -0.3 is 9.84 Å². The van der Waals surface area contributed by atoms with Crippen molar-refractivity contribution in [3.63, 3.8) is 0 Å². The molecule has 0 saturated carbocycles. The van der Waals surface area contributed by atoms with Crippen LogP contribution < -0.4 is 0 Å². The maximum absolute atomic E-state index is 12.2. The Morgan fingerprint density at radius 1 is 1.18 bits per heavy atom. The van der Waals surface area contributed by atoms with Gasteiger partial charge in [0.25, 0.3) is 0 Å². The van der Waals surface area contributed by atoms with Gasteiger partial charge in [0.05, 0.1) is 12.2 Å². The number of aliphatic hydroxyl groups excluding tert-OH is 1. The molecule has 22 heavy (non-hydrogen) atoms. The SMILES string of the molecule is C/C=C(\CC1=C(O)c2ccccc2C(=O)C1=O)C(=O)OCC. The highest BCUT2D eigenvalue weighted by Crippen LogP contribution is 2.31. The van der Waals surface area contributed by atoms with E-state index in [0.29, 0.717) is 5.56 Å². The maximum atomic E-state index is 12.2. The molecule has 0 fully saturated rings. The van der Waals surface area contributed by atoms with Crippen LogP contribution in [0.15, 0.2) is 41.5 Å². The van der Waals surface area contributed by atoms with Crippen LogP contribution >= 0.6 is 0 Å². The summed E-state index contributed by atoms with van der Waals surface area (Å²) >= 11 is 0. The minimum Gasteiger partial charge on any atom is -0.507 e. The van der Waals surface area contributed by atoms with Gasteiger partial charge >= 0.3 is 5.97 Å². The van der Waals surface area contributed by atoms with E-state index < -0.39 is 17.5 Å². The number of fused-ring (bicyclic) bond motifs is 1. The van der Waals surface area contributed by atoms with Crippen LogP contribution in [0.25, 0.3) is 5.76 Å². The van der Waals surface area contributed by atoms with Gasteiger partial charge in [-0.05, 0) is 13.8 Å². The quantitative estimate of drug-likeness (QED) is 0.525. The van der Waals surface area contributed by atoms with Crippen LogP contribution in [-0.4, -0.2) is 29.2 Å². The predicted molar refractivity (Wildman–Crippen MR) is 80.3 cm³/mol. The molecule has 5 heteroatoms. The molecule has 0 atom stereocenters. The number of Topliss-reactive ketones (excluding diaryl/α,β-unsaturated/α-hetero) is 2. The Balaban J connectivity index is 2.44. The Labute approximate surface area is 127 Å². The minimum atomic E-state index is -0.792. The van der Waals surface area contributed by atoms with E-state index in [2.05, 4.69) is 0 Å². The van der Waals surface area contributed by atoms with Crippen molar-refractivity contribution in [3.05, 3.63) is 52.6 Å². The van der Waals surface area contributed by atoms with Gasteiger partial charge in [-0.3, -0.25) is 9.59 Å². The number of hydrogen-bond donors (Lipinski definition) is 1. The smallest absolute Gasteiger partial charge is 0.333 e. The van der Waals surface area contributed by atoms with Gasteiger partial charge in [-0.1, -0.05) is 30.3 Å². The molecule has 0 heterocycles. The van der Waals surface area contributed by atoms with Crippen molar-refractivity contribution in [2.75, 3.05) is 6.61 Å². The molecule has 1 N–H and O–H groups in total. The van der Waals surface area contributed by atoms with Crippen LogP contribution in [0.4, 0.5) is 0 Å². The van der Waals surface area contributed by atoms with Gasteiger partial charge in [0.15, 0.2) is 0 Å². The summed E-state index contributed by atoms with van der Waals surface area (Å²) in [5.41, 5.74) is 0.627. The lowest BCUT2D eigenvalue weighted by Crippen LogP contribution is -2.25. The van der Waals surface area contributed by atoms with Crippen molar-refractivity contribution in [2.45, 2.75) is 20.3 Å². The first-order chi connectivity index (χ1) is 10.5. The van der Waals surface area contributed by atoms with Gasteiger partial charge in [0.2, 0.25) is 11.6 Å². The molecule has 0 radical (unpaired) electrons. The van der Waals surface area contributed by atoms with Gasteiger partial charge in [0.1, 0.15) is 5.76 Å². The first-order valence-electron chi connectivity index (χ1n) is 6.94. The number of rotatable bonds is 4. The maximum Gasteiger partial charge on any atom is 0.333 e. The second-order valence-corrected chi connectivity index (χ2v) is 4.74. The van der Waals surface area contributed by atoms with Crippen LogP contribution in [0.5, 0.6) is 0 Å². The molecule has 0 aromatic heterocycles. The molecule has 0 aliphatic heterocycles. The minimum absolute atomic E-state index is 0.0788. The van der Waals surface area contributed by atoms with Crippen molar-refractivity contribution in [3.8, 4) is 0 Å². The number of ketones is 2. The fourth-order valence-electron chi connectivity index (χ4n) is 2.29. The summed E-state index contributed by atoms with van der Waals surface area (Å²) in [5.74, 6) is -2.30. The molecule has 5 nitrogen and oxygen atoms in total. The second kappa shape index (κ2) is 6.39. The molecule has 1 aromatic carbocycles. The molecule has 1 aliphatic rings. The predicted octanol–water partition coefficient (Wildman–Crippen LogP) is 2.62. The van der Waals surface area contributed by atoms with E-state index in [1.54, 1.807) is 32.0 Å². The third kappa shape index (κ3) is 2.70. The van der Waals surface area contributed by atoms with Crippen molar-refractivity contribution in [2.24, 2.45) is 0 Å². The van der Waals surface area contributed by atoms with Crippen LogP contribution in [-0.2, 0) is 14.3 Å². The summed E-state index contributed by atoms with van der Waals surface area (Å²) in [6.07, 6.45) is 1.37. The lowest BCUT2D eigenvalue weighted by Gasteiger charge is -2.18. The summed E-state index contributed by atoms with van der Waals surface area (Å²) in [5, 5.41) is 10.3. The van der Waals surface area contributed by atoms with Crippen molar-refractivity contribution >= 4 is 23.3 Å². The fraction of sp³-hybridized carbons (Fsp3) is 0.235. The third-order valence-corrected chi connectivity index (χ3v) is 3.45. The van der Waals surface area contributed by atoms with Crippen molar-refractivity contribution in [1.29, 1.82) is 0 Å². The van der Waals surface area contributed by atoms with E-state index in [1.165, 1.54) is 12.1 Å². The monoisotopic (exact) mass is 300 g/mol. The van der Waals surface area contributed by atoms with E-state index in [9.17, 15) is 19.5 Å². The summed E-state index contributed by atoms with van der Waals surface area (Å²) in [4.78, 5) is 36.1. The average Bonchev–Trinajstić information content (AvgIpc) is 2.53. The number of ether oxygens (including phenoxy) is 1. The molecule has 0 spiro atoms. The highest BCUT2D eigenvalue weighted by Gasteiger charge is 2.33. The zero-order valence-corrected chi connectivity index (χ0v) is 12.4. The van der Waals surface area contributed by atoms with Crippen LogP contribution in [0, 0.1) is 0 Å².